The standard InChI is InChI=1S/C23H47NO2.C13H24O3/c1-4-6-8-10-12-14-16-18-20-24-22(21-23(25)26-3)19-17-15-13-11-9-7-5-2;1-3-4-5-6-7-8-9-10-12(14)11-13(15)16-2/h22,24H,4-21H2,1-3H3;3-11H2,1-2H3. The minimum atomic E-state index is -0.423. The zero-order valence-corrected chi connectivity index (χ0v) is 28.7. The molecule has 6 nitrogen and oxygen atoms in total. The van der Waals surface area contributed by atoms with E-state index in [1.54, 1.807) is 0 Å². The third-order valence-electron chi connectivity index (χ3n) is 7.89. The molecule has 0 heterocycles. The number of hydrogen-bond acceptors (Lipinski definition) is 6. The number of carbonyl (C=O) groups is 3. The topological polar surface area (TPSA) is 81.7 Å². The third kappa shape index (κ3) is 34.8. The predicted octanol–water partition coefficient (Wildman–Crippen LogP) is 10.0. The summed E-state index contributed by atoms with van der Waals surface area (Å²) in [6.07, 6.45) is 30.4. The number of unbranched alkanes of at least 4 members (excludes halogenated alkanes) is 19. The molecule has 0 fully saturated rings. The number of methoxy groups -OCH3 is 2. The van der Waals surface area contributed by atoms with Crippen molar-refractivity contribution >= 4 is 17.7 Å². The normalized spacial score (nSPS) is 11.5. The molecule has 0 rings (SSSR count). The van der Waals surface area contributed by atoms with E-state index >= 15 is 0 Å². The molecular weight excluding hydrogens is 526 g/mol. The smallest absolute Gasteiger partial charge is 0.313 e. The largest absolute Gasteiger partial charge is 0.469 e. The maximum absolute atomic E-state index is 11.6. The first-order chi connectivity index (χ1) is 20.4. The van der Waals surface area contributed by atoms with Crippen LogP contribution in [0.1, 0.15) is 188 Å². The van der Waals surface area contributed by atoms with Gasteiger partial charge in [-0.3, -0.25) is 14.4 Å². The van der Waals surface area contributed by atoms with Gasteiger partial charge in [0.15, 0.2) is 0 Å². The molecule has 0 bridgehead atoms. The monoisotopic (exact) mass is 598 g/mol. The van der Waals surface area contributed by atoms with E-state index in [0.29, 0.717) is 18.9 Å². The summed E-state index contributed by atoms with van der Waals surface area (Å²) in [6, 6.07) is 0.294. The van der Waals surface area contributed by atoms with Gasteiger partial charge in [0.1, 0.15) is 12.2 Å². The molecule has 0 saturated heterocycles. The Morgan fingerprint density at radius 3 is 1.38 bits per heavy atom. The molecule has 0 saturated carbocycles. The van der Waals surface area contributed by atoms with Gasteiger partial charge in [-0.2, -0.15) is 0 Å². The van der Waals surface area contributed by atoms with Crippen LogP contribution < -0.4 is 5.32 Å². The van der Waals surface area contributed by atoms with Crippen molar-refractivity contribution in [2.24, 2.45) is 0 Å². The number of hydrogen-bond donors (Lipinski definition) is 1. The van der Waals surface area contributed by atoms with Crippen LogP contribution >= 0.6 is 0 Å². The Bertz CT molecular complexity index is 595. The number of ether oxygens (including phenoxy) is 2. The summed E-state index contributed by atoms with van der Waals surface area (Å²) in [6.45, 7) is 7.76. The molecule has 0 aromatic heterocycles. The SMILES string of the molecule is CCCCCCCCCC(=O)CC(=O)OC.CCCCCCCCCCNC(CCCCCCCCC)CC(=O)OC. The van der Waals surface area contributed by atoms with Crippen LogP contribution in [0.4, 0.5) is 0 Å². The van der Waals surface area contributed by atoms with Crippen LogP contribution in [-0.2, 0) is 23.9 Å². The minimum absolute atomic E-state index is 0.000378. The van der Waals surface area contributed by atoms with E-state index in [-0.39, 0.29) is 18.2 Å². The van der Waals surface area contributed by atoms with Gasteiger partial charge in [-0.25, -0.2) is 0 Å². The summed E-state index contributed by atoms with van der Waals surface area (Å²) in [4.78, 5) is 33.7. The second-order valence-electron chi connectivity index (χ2n) is 12.0. The lowest BCUT2D eigenvalue weighted by atomic mass is 10.0. The van der Waals surface area contributed by atoms with Crippen molar-refractivity contribution in [2.75, 3.05) is 20.8 Å². The van der Waals surface area contributed by atoms with Crippen LogP contribution in [0.15, 0.2) is 0 Å². The summed E-state index contributed by atoms with van der Waals surface area (Å²) in [5.74, 6) is -0.505. The van der Waals surface area contributed by atoms with Gasteiger partial charge in [-0.05, 0) is 25.8 Å². The van der Waals surface area contributed by atoms with Gasteiger partial charge in [-0.1, -0.05) is 149 Å². The molecular formula is C36H71NO5. The summed E-state index contributed by atoms with van der Waals surface area (Å²) in [5.41, 5.74) is 0. The summed E-state index contributed by atoms with van der Waals surface area (Å²) in [7, 11) is 2.80. The molecule has 1 atom stereocenters. The first-order valence-electron chi connectivity index (χ1n) is 17.8. The van der Waals surface area contributed by atoms with E-state index in [9.17, 15) is 14.4 Å². The van der Waals surface area contributed by atoms with Gasteiger partial charge >= 0.3 is 11.9 Å². The van der Waals surface area contributed by atoms with Crippen LogP contribution in [0.5, 0.6) is 0 Å². The van der Waals surface area contributed by atoms with E-state index in [1.807, 2.05) is 0 Å². The molecule has 1 N–H and O–H groups in total. The fraction of sp³-hybridized carbons (Fsp3) is 0.917. The van der Waals surface area contributed by atoms with E-state index in [4.69, 9.17) is 4.74 Å². The predicted molar refractivity (Wildman–Crippen MR) is 178 cm³/mol. The highest BCUT2D eigenvalue weighted by Crippen LogP contribution is 2.13. The zero-order valence-electron chi connectivity index (χ0n) is 28.7. The van der Waals surface area contributed by atoms with Crippen LogP contribution in [0.3, 0.4) is 0 Å². The molecule has 0 spiro atoms. The maximum atomic E-state index is 11.6. The second kappa shape index (κ2) is 35.8. The van der Waals surface area contributed by atoms with Gasteiger partial charge in [0.05, 0.1) is 20.6 Å². The van der Waals surface area contributed by atoms with Crippen LogP contribution in [0.2, 0.25) is 0 Å². The van der Waals surface area contributed by atoms with Crippen molar-refractivity contribution in [3.05, 3.63) is 0 Å². The lowest BCUT2D eigenvalue weighted by molar-refractivity contribution is -0.143. The third-order valence-corrected chi connectivity index (χ3v) is 7.89. The molecule has 6 heteroatoms. The quantitative estimate of drug-likeness (QED) is 0.0504. The van der Waals surface area contributed by atoms with Crippen molar-refractivity contribution in [1.82, 2.24) is 5.32 Å². The molecule has 0 amide bonds. The molecule has 0 aromatic carbocycles. The first-order valence-corrected chi connectivity index (χ1v) is 17.8. The van der Waals surface area contributed by atoms with E-state index in [2.05, 4.69) is 30.8 Å². The van der Waals surface area contributed by atoms with Crippen molar-refractivity contribution in [3.8, 4) is 0 Å². The Balaban J connectivity index is 0. The fourth-order valence-electron chi connectivity index (χ4n) is 5.07. The number of ketones is 1. The second-order valence-corrected chi connectivity index (χ2v) is 12.0. The number of Topliss-reactive ketones (excluding diaryl/α,β-unsaturated/α-hetero) is 1. The summed E-state index contributed by atoms with van der Waals surface area (Å²) in [5, 5.41) is 3.61. The van der Waals surface area contributed by atoms with Gasteiger partial charge in [0, 0.05) is 12.5 Å². The molecule has 0 aromatic rings. The van der Waals surface area contributed by atoms with Crippen molar-refractivity contribution < 1.29 is 23.9 Å². The number of esters is 2. The average molecular weight is 598 g/mol. The highest BCUT2D eigenvalue weighted by molar-refractivity contribution is 5.95. The maximum Gasteiger partial charge on any atom is 0.313 e. The lowest BCUT2D eigenvalue weighted by Gasteiger charge is -2.17. The Hall–Kier alpha value is -1.43. The van der Waals surface area contributed by atoms with Gasteiger partial charge < -0.3 is 14.8 Å². The van der Waals surface area contributed by atoms with Gasteiger partial charge in [-0.15, -0.1) is 0 Å². The van der Waals surface area contributed by atoms with Crippen molar-refractivity contribution in [3.63, 3.8) is 0 Å². The first kappa shape index (κ1) is 42.7. The van der Waals surface area contributed by atoms with Crippen LogP contribution in [-0.4, -0.2) is 44.5 Å². The molecule has 0 aliphatic heterocycles. The molecule has 42 heavy (non-hydrogen) atoms. The molecule has 0 radical (unpaired) electrons. The number of carbonyl (C=O) groups excluding carboxylic acids is 3. The van der Waals surface area contributed by atoms with Gasteiger partial charge in [0.2, 0.25) is 0 Å². The Labute approximate surface area is 261 Å². The van der Waals surface area contributed by atoms with Gasteiger partial charge in [0.25, 0.3) is 0 Å². The lowest BCUT2D eigenvalue weighted by Crippen LogP contribution is -2.32. The molecule has 0 aliphatic rings. The van der Waals surface area contributed by atoms with Crippen LogP contribution in [0, 0.1) is 0 Å². The molecule has 1 unspecified atom stereocenters. The zero-order chi connectivity index (χ0) is 31.5. The minimum Gasteiger partial charge on any atom is -0.469 e. The van der Waals surface area contributed by atoms with Crippen molar-refractivity contribution in [1.29, 1.82) is 0 Å². The van der Waals surface area contributed by atoms with Crippen LogP contribution in [0.25, 0.3) is 0 Å². The Morgan fingerprint density at radius 2 is 0.929 bits per heavy atom. The molecule has 0 aliphatic carbocycles. The Kier molecular flexibility index (Phi) is 36.4. The highest BCUT2D eigenvalue weighted by atomic mass is 16.5. The average Bonchev–Trinajstić information content (AvgIpc) is 2.99. The fourth-order valence-corrected chi connectivity index (χ4v) is 5.07. The number of nitrogens with one attached hydrogen (secondary N) is 1. The van der Waals surface area contributed by atoms with E-state index < -0.39 is 5.97 Å². The Morgan fingerprint density at radius 1 is 0.524 bits per heavy atom. The van der Waals surface area contributed by atoms with E-state index in [0.717, 1.165) is 25.8 Å². The van der Waals surface area contributed by atoms with Crippen molar-refractivity contribution in [2.45, 2.75) is 194 Å². The highest BCUT2D eigenvalue weighted by Gasteiger charge is 2.13. The molecule has 250 valence electrons. The summed E-state index contributed by atoms with van der Waals surface area (Å²) >= 11 is 0. The van der Waals surface area contributed by atoms with E-state index in [1.165, 1.54) is 143 Å². The summed E-state index contributed by atoms with van der Waals surface area (Å²) < 4.78 is 9.30. The number of rotatable bonds is 30.